The minimum absolute atomic E-state index is 0.0173. The quantitative estimate of drug-likeness (QED) is 0.854. The fraction of sp³-hybridized carbons (Fsp3) is 0.188. The molecule has 0 aliphatic rings. The van der Waals surface area contributed by atoms with Crippen LogP contribution in [0.2, 0.25) is 0 Å². The lowest BCUT2D eigenvalue weighted by molar-refractivity contribution is -0.137. The van der Waals surface area contributed by atoms with E-state index in [2.05, 4.69) is 5.32 Å². The highest BCUT2D eigenvalue weighted by molar-refractivity contribution is 5.86. The van der Waals surface area contributed by atoms with E-state index >= 15 is 0 Å². The normalized spacial score (nSPS) is 11.1. The molecule has 0 unspecified atom stereocenters. The fourth-order valence-electron chi connectivity index (χ4n) is 1.80. The highest BCUT2D eigenvalue weighted by Gasteiger charge is 2.30. The minimum atomic E-state index is -4.46. The average Bonchev–Trinajstić information content (AvgIpc) is 2.42. The molecule has 2 rings (SSSR count). The van der Waals surface area contributed by atoms with Gasteiger partial charge in [-0.05, 0) is 55.3 Å². The number of nitrogens with one attached hydrogen (secondary N) is 1. The van der Waals surface area contributed by atoms with Crippen molar-refractivity contribution in [2.45, 2.75) is 20.0 Å². The highest BCUT2D eigenvalue weighted by Crippen LogP contribution is 2.30. The number of ether oxygens (including phenoxy) is 1. The van der Waals surface area contributed by atoms with Crippen LogP contribution in [-0.2, 0) is 6.18 Å². The molecule has 1 N–H and O–H groups in total. The molecule has 0 fully saturated rings. The first-order valence-corrected chi connectivity index (χ1v) is 6.49. The molecule has 116 valence electrons. The number of aryl methyl sites for hydroxylation is 2. The molecule has 0 atom stereocenters. The molecular formula is C16H14F3NO2. The number of hydrogen-bond donors (Lipinski definition) is 1. The third kappa shape index (κ3) is 4.00. The second kappa shape index (κ2) is 6.09. The summed E-state index contributed by atoms with van der Waals surface area (Å²) in [7, 11) is 0. The van der Waals surface area contributed by atoms with Gasteiger partial charge in [-0.25, -0.2) is 4.79 Å². The smallest absolute Gasteiger partial charge is 0.410 e. The number of hydrogen-bond acceptors (Lipinski definition) is 2. The Bertz CT molecular complexity index is 696. The zero-order valence-electron chi connectivity index (χ0n) is 12.0. The summed E-state index contributed by atoms with van der Waals surface area (Å²) < 4.78 is 42.8. The van der Waals surface area contributed by atoms with Crippen LogP contribution in [0.3, 0.4) is 0 Å². The molecule has 1 amide bonds. The zero-order valence-corrected chi connectivity index (χ0v) is 12.0. The Balaban J connectivity index is 2.07. The van der Waals surface area contributed by atoms with E-state index in [-0.39, 0.29) is 5.69 Å². The van der Waals surface area contributed by atoms with Crippen molar-refractivity contribution in [1.82, 2.24) is 0 Å². The number of alkyl halides is 3. The number of halogens is 3. The van der Waals surface area contributed by atoms with E-state index in [1.807, 2.05) is 13.8 Å². The Kier molecular flexibility index (Phi) is 4.40. The summed E-state index contributed by atoms with van der Waals surface area (Å²) in [6, 6.07) is 9.45. The average molecular weight is 309 g/mol. The van der Waals surface area contributed by atoms with Crippen LogP contribution < -0.4 is 10.1 Å². The van der Waals surface area contributed by atoms with Crippen molar-refractivity contribution < 1.29 is 22.7 Å². The van der Waals surface area contributed by atoms with E-state index in [0.29, 0.717) is 5.75 Å². The minimum Gasteiger partial charge on any atom is -0.410 e. The molecule has 22 heavy (non-hydrogen) atoms. The molecule has 0 saturated heterocycles. The third-order valence-electron chi connectivity index (χ3n) is 3.13. The summed E-state index contributed by atoms with van der Waals surface area (Å²) in [5, 5.41) is 2.28. The van der Waals surface area contributed by atoms with Crippen molar-refractivity contribution in [3.63, 3.8) is 0 Å². The van der Waals surface area contributed by atoms with Crippen LogP contribution in [0.15, 0.2) is 42.5 Å². The van der Waals surface area contributed by atoms with Crippen molar-refractivity contribution in [2.24, 2.45) is 0 Å². The lowest BCUT2D eigenvalue weighted by Gasteiger charge is -2.10. The van der Waals surface area contributed by atoms with Gasteiger partial charge in [-0.2, -0.15) is 13.2 Å². The molecule has 2 aromatic carbocycles. The van der Waals surface area contributed by atoms with E-state index in [4.69, 9.17) is 4.74 Å². The fourth-order valence-corrected chi connectivity index (χ4v) is 1.80. The van der Waals surface area contributed by atoms with Gasteiger partial charge in [-0.3, -0.25) is 5.32 Å². The highest BCUT2D eigenvalue weighted by atomic mass is 19.4. The second-order valence-corrected chi connectivity index (χ2v) is 4.84. The van der Waals surface area contributed by atoms with Crippen LogP contribution in [-0.4, -0.2) is 6.09 Å². The standard InChI is InChI=1S/C16H14F3NO2/c1-10-6-7-14(8-11(10)2)22-15(21)20-13-5-3-4-12(9-13)16(17,18)19/h3-9H,1-2H3,(H,20,21). The summed E-state index contributed by atoms with van der Waals surface area (Å²) in [4.78, 5) is 11.7. The van der Waals surface area contributed by atoms with Crippen molar-refractivity contribution in [3.8, 4) is 5.75 Å². The molecule has 0 saturated carbocycles. The van der Waals surface area contributed by atoms with Gasteiger partial charge in [0.25, 0.3) is 0 Å². The zero-order chi connectivity index (χ0) is 16.3. The molecule has 0 aliphatic heterocycles. The molecule has 6 heteroatoms. The lowest BCUT2D eigenvalue weighted by Crippen LogP contribution is -2.17. The topological polar surface area (TPSA) is 38.3 Å². The molecule has 0 heterocycles. The van der Waals surface area contributed by atoms with Crippen LogP contribution in [0.4, 0.5) is 23.7 Å². The Morgan fingerprint density at radius 3 is 2.41 bits per heavy atom. The van der Waals surface area contributed by atoms with Crippen molar-refractivity contribution in [3.05, 3.63) is 59.2 Å². The van der Waals surface area contributed by atoms with E-state index in [1.54, 1.807) is 18.2 Å². The van der Waals surface area contributed by atoms with Crippen LogP contribution in [0.25, 0.3) is 0 Å². The van der Waals surface area contributed by atoms with Crippen molar-refractivity contribution in [1.29, 1.82) is 0 Å². The van der Waals surface area contributed by atoms with E-state index < -0.39 is 17.8 Å². The van der Waals surface area contributed by atoms with Gasteiger partial charge in [-0.1, -0.05) is 12.1 Å². The molecule has 2 aromatic rings. The molecule has 0 spiro atoms. The number of carbonyl (C=O) groups excluding carboxylic acids is 1. The summed E-state index contributed by atoms with van der Waals surface area (Å²) in [5.41, 5.74) is 1.18. The lowest BCUT2D eigenvalue weighted by atomic mass is 10.1. The first kappa shape index (κ1) is 15.9. The van der Waals surface area contributed by atoms with Gasteiger partial charge < -0.3 is 4.74 Å². The molecule has 0 radical (unpaired) electrons. The van der Waals surface area contributed by atoms with Gasteiger partial charge in [-0.15, -0.1) is 0 Å². The maximum Gasteiger partial charge on any atom is 0.417 e. The largest absolute Gasteiger partial charge is 0.417 e. The summed E-state index contributed by atoms with van der Waals surface area (Å²) in [6.45, 7) is 3.79. The van der Waals surface area contributed by atoms with E-state index in [0.717, 1.165) is 23.3 Å². The van der Waals surface area contributed by atoms with Crippen LogP contribution in [0.1, 0.15) is 16.7 Å². The van der Waals surface area contributed by atoms with Crippen molar-refractivity contribution >= 4 is 11.8 Å². The van der Waals surface area contributed by atoms with Crippen molar-refractivity contribution in [2.75, 3.05) is 5.32 Å². The predicted octanol–water partition coefficient (Wildman–Crippen LogP) is 4.93. The SMILES string of the molecule is Cc1ccc(OC(=O)Nc2cccc(C(F)(F)F)c2)cc1C. The number of carbonyl (C=O) groups is 1. The number of amides is 1. The number of anilines is 1. The van der Waals surface area contributed by atoms with Gasteiger partial charge in [0.15, 0.2) is 0 Å². The molecule has 0 aromatic heterocycles. The van der Waals surface area contributed by atoms with E-state index in [1.165, 1.54) is 12.1 Å². The second-order valence-electron chi connectivity index (χ2n) is 4.84. The van der Waals surface area contributed by atoms with Gasteiger partial charge in [0.05, 0.1) is 5.56 Å². The first-order chi connectivity index (χ1) is 10.3. The number of benzene rings is 2. The van der Waals surface area contributed by atoms with Crippen LogP contribution in [0.5, 0.6) is 5.75 Å². The predicted molar refractivity (Wildman–Crippen MR) is 77.0 cm³/mol. The first-order valence-electron chi connectivity index (χ1n) is 6.49. The third-order valence-corrected chi connectivity index (χ3v) is 3.13. The number of rotatable bonds is 2. The molecule has 0 aliphatic carbocycles. The molecule has 0 bridgehead atoms. The van der Waals surface area contributed by atoms with Gasteiger partial charge in [0.2, 0.25) is 0 Å². The van der Waals surface area contributed by atoms with Gasteiger partial charge in [0, 0.05) is 5.69 Å². The maximum atomic E-state index is 12.6. The Labute approximate surface area is 125 Å². The summed E-state index contributed by atoms with van der Waals surface area (Å²) >= 11 is 0. The summed E-state index contributed by atoms with van der Waals surface area (Å²) in [6.07, 6.45) is -5.31. The van der Waals surface area contributed by atoms with Gasteiger partial charge >= 0.3 is 12.3 Å². The van der Waals surface area contributed by atoms with E-state index in [9.17, 15) is 18.0 Å². The Hall–Kier alpha value is -2.50. The monoisotopic (exact) mass is 309 g/mol. The Morgan fingerprint density at radius 1 is 1.05 bits per heavy atom. The van der Waals surface area contributed by atoms with Crippen LogP contribution >= 0.6 is 0 Å². The van der Waals surface area contributed by atoms with Crippen LogP contribution in [0, 0.1) is 13.8 Å². The maximum absolute atomic E-state index is 12.6. The molecular weight excluding hydrogens is 295 g/mol. The Morgan fingerprint density at radius 2 is 1.77 bits per heavy atom. The molecule has 3 nitrogen and oxygen atoms in total. The summed E-state index contributed by atoms with van der Waals surface area (Å²) in [5.74, 6) is 0.326. The van der Waals surface area contributed by atoms with Gasteiger partial charge in [0.1, 0.15) is 5.75 Å².